The zero-order valence-electron chi connectivity index (χ0n) is 14.8. The smallest absolute Gasteiger partial charge is 0.323 e. The first kappa shape index (κ1) is 17.4. The van der Waals surface area contributed by atoms with Crippen molar-refractivity contribution < 1.29 is 4.79 Å². The summed E-state index contributed by atoms with van der Waals surface area (Å²) in [5.41, 5.74) is 3.78. The summed E-state index contributed by atoms with van der Waals surface area (Å²) in [5, 5.41) is 3.71. The number of thioether (sulfide) groups is 1. The van der Waals surface area contributed by atoms with E-state index in [9.17, 15) is 9.59 Å². The zero-order valence-corrected chi connectivity index (χ0v) is 15.6. The number of nitrogens with zero attached hydrogens (tertiary/aromatic N) is 2. The number of anilines is 1. The van der Waals surface area contributed by atoms with Gasteiger partial charge in [0, 0.05) is 12.2 Å². The van der Waals surface area contributed by atoms with Crippen LogP contribution in [0.2, 0.25) is 0 Å². The molecule has 0 spiro atoms. The third-order valence-corrected chi connectivity index (χ3v) is 5.18. The zero-order chi connectivity index (χ0) is 18.8. The van der Waals surface area contributed by atoms with Crippen molar-refractivity contribution in [2.75, 3.05) is 11.1 Å². The molecule has 0 aliphatic rings. The van der Waals surface area contributed by atoms with Gasteiger partial charge in [0.1, 0.15) is 0 Å². The van der Waals surface area contributed by atoms with E-state index < -0.39 is 0 Å². The summed E-state index contributed by atoms with van der Waals surface area (Å²) in [6.45, 7) is 2.99. The van der Waals surface area contributed by atoms with Crippen molar-refractivity contribution in [2.24, 2.45) is 0 Å². The van der Waals surface area contributed by atoms with Gasteiger partial charge in [0.2, 0.25) is 5.91 Å². The minimum atomic E-state index is -0.265. The van der Waals surface area contributed by atoms with Crippen molar-refractivity contribution >= 4 is 45.4 Å². The lowest BCUT2D eigenvalue weighted by atomic mass is 10.3. The molecule has 0 atom stereocenters. The molecule has 0 unspecified atom stereocenters. The number of aromatic nitrogens is 4. The van der Waals surface area contributed by atoms with E-state index in [1.54, 1.807) is 18.2 Å². The van der Waals surface area contributed by atoms with Crippen LogP contribution in [0.15, 0.2) is 52.4 Å². The van der Waals surface area contributed by atoms with E-state index in [1.165, 1.54) is 11.8 Å². The first-order valence-electron chi connectivity index (χ1n) is 8.74. The third kappa shape index (κ3) is 3.61. The first-order chi connectivity index (χ1) is 13.1. The molecule has 0 aliphatic heterocycles. The molecule has 138 valence electrons. The van der Waals surface area contributed by atoms with E-state index in [1.807, 2.05) is 18.2 Å². The molecule has 4 aromatic rings. The van der Waals surface area contributed by atoms with E-state index in [0.29, 0.717) is 16.7 Å². The predicted octanol–water partition coefficient (Wildman–Crippen LogP) is 3.35. The van der Waals surface area contributed by atoms with Gasteiger partial charge in [-0.15, -0.1) is 0 Å². The maximum atomic E-state index is 12.4. The highest BCUT2D eigenvalue weighted by atomic mass is 32.2. The molecule has 1 amide bonds. The Kier molecular flexibility index (Phi) is 4.72. The maximum Gasteiger partial charge on any atom is 0.323 e. The fourth-order valence-corrected chi connectivity index (χ4v) is 3.88. The number of fused-ring (bicyclic) bond motifs is 2. The van der Waals surface area contributed by atoms with Gasteiger partial charge in [0.15, 0.2) is 5.16 Å². The molecule has 0 bridgehead atoms. The number of imidazole rings is 2. The van der Waals surface area contributed by atoms with Crippen LogP contribution in [0.1, 0.15) is 13.3 Å². The van der Waals surface area contributed by atoms with Crippen LogP contribution < -0.4 is 11.0 Å². The van der Waals surface area contributed by atoms with Gasteiger partial charge < -0.3 is 19.9 Å². The fraction of sp³-hybridized carbons (Fsp3) is 0.211. The van der Waals surface area contributed by atoms with Gasteiger partial charge in [-0.05, 0) is 36.8 Å². The van der Waals surface area contributed by atoms with Gasteiger partial charge in [-0.2, -0.15) is 0 Å². The third-order valence-electron chi connectivity index (χ3n) is 4.20. The molecule has 0 radical (unpaired) electrons. The normalized spacial score (nSPS) is 11.3. The fourth-order valence-electron chi connectivity index (χ4n) is 3.04. The number of amides is 1. The lowest BCUT2D eigenvalue weighted by Gasteiger charge is -2.08. The van der Waals surface area contributed by atoms with Crippen molar-refractivity contribution in [1.82, 2.24) is 19.5 Å². The molecule has 2 aromatic carbocycles. The molecule has 7 nitrogen and oxygen atoms in total. The quantitative estimate of drug-likeness (QED) is 0.446. The molecule has 3 N–H and O–H groups in total. The Hall–Kier alpha value is -3.00. The van der Waals surface area contributed by atoms with Crippen LogP contribution in [0.4, 0.5) is 5.69 Å². The van der Waals surface area contributed by atoms with Crippen molar-refractivity contribution in [2.45, 2.75) is 25.0 Å². The molecule has 8 heteroatoms. The van der Waals surface area contributed by atoms with Gasteiger partial charge in [0.25, 0.3) is 0 Å². The van der Waals surface area contributed by atoms with Crippen LogP contribution in [0.5, 0.6) is 0 Å². The minimum Gasteiger partial charge on any atom is -0.325 e. The molecule has 0 fully saturated rings. The Morgan fingerprint density at radius 3 is 2.85 bits per heavy atom. The average Bonchev–Trinajstić information content (AvgIpc) is 3.19. The number of carbonyl (C=O) groups excluding carboxylic acids is 1. The predicted molar refractivity (Wildman–Crippen MR) is 108 cm³/mol. The average molecular weight is 381 g/mol. The summed E-state index contributed by atoms with van der Waals surface area (Å²) in [4.78, 5) is 33.7. The SMILES string of the molecule is CCCn1c(SCC(=O)Nc2ccc3[nH]c(=O)[nH]c3c2)nc2ccccc21. The summed E-state index contributed by atoms with van der Waals surface area (Å²) in [7, 11) is 0. The largest absolute Gasteiger partial charge is 0.325 e. The lowest BCUT2D eigenvalue weighted by molar-refractivity contribution is -0.113. The van der Waals surface area contributed by atoms with Crippen LogP contribution >= 0.6 is 11.8 Å². The van der Waals surface area contributed by atoms with Gasteiger partial charge in [-0.3, -0.25) is 4.79 Å². The van der Waals surface area contributed by atoms with Gasteiger partial charge >= 0.3 is 5.69 Å². The number of H-pyrrole nitrogens is 2. The highest BCUT2D eigenvalue weighted by molar-refractivity contribution is 7.99. The number of nitrogens with one attached hydrogen (secondary N) is 3. The van der Waals surface area contributed by atoms with Gasteiger partial charge in [-0.1, -0.05) is 30.8 Å². The molecular formula is C19H19N5O2S. The van der Waals surface area contributed by atoms with Crippen molar-refractivity contribution in [3.63, 3.8) is 0 Å². The summed E-state index contributed by atoms with van der Waals surface area (Å²) in [5.74, 6) is 0.140. The molecule has 27 heavy (non-hydrogen) atoms. The van der Waals surface area contributed by atoms with Crippen LogP contribution in [0.25, 0.3) is 22.1 Å². The van der Waals surface area contributed by atoms with E-state index >= 15 is 0 Å². The van der Waals surface area contributed by atoms with Crippen LogP contribution in [0, 0.1) is 0 Å². The first-order valence-corrected chi connectivity index (χ1v) is 9.72. The molecule has 0 saturated heterocycles. The second kappa shape index (κ2) is 7.32. The number of aromatic amines is 2. The molecule has 4 rings (SSSR count). The number of rotatable bonds is 6. The highest BCUT2D eigenvalue weighted by Crippen LogP contribution is 2.24. The number of aryl methyl sites for hydroxylation is 1. The second-order valence-electron chi connectivity index (χ2n) is 6.21. The molecule has 0 aliphatic carbocycles. The summed E-state index contributed by atoms with van der Waals surface area (Å²) < 4.78 is 2.16. The van der Waals surface area contributed by atoms with Crippen LogP contribution in [-0.4, -0.2) is 31.2 Å². The second-order valence-corrected chi connectivity index (χ2v) is 7.15. The highest BCUT2D eigenvalue weighted by Gasteiger charge is 2.12. The number of hydrogen-bond donors (Lipinski definition) is 3. The van der Waals surface area contributed by atoms with E-state index in [2.05, 4.69) is 37.8 Å². The van der Waals surface area contributed by atoms with Crippen LogP contribution in [-0.2, 0) is 11.3 Å². The van der Waals surface area contributed by atoms with E-state index in [-0.39, 0.29) is 17.3 Å². The monoisotopic (exact) mass is 381 g/mol. The summed E-state index contributed by atoms with van der Waals surface area (Å²) in [6.07, 6.45) is 0.995. The molecular weight excluding hydrogens is 362 g/mol. The Morgan fingerprint density at radius 1 is 1.19 bits per heavy atom. The van der Waals surface area contributed by atoms with Crippen molar-refractivity contribution in [3.05, 3.63) is 52.9 Å². The number of hydrogen-bond acceptors (Lipinski definition) is 4. The van der Waals surface area contributed by atoms with E-state index in [0.717, 1.165) is 29.2 Å². The Balaban J connectivity index is 1.47. The Bertz CT molecular complexity index is 1170. The molecule has 2 aromatic heterocycles. The van der Waals surface area contributed by atoms with Gasteiger partial charge in [0.05, 0.1) is 27.8 Å². The topological polar surface area (TPSA) is 95.6 Å². The van der Waals surface area contributed by atoms with E-state index in [4.69, 9.17) is 0 Å². The van der Waals surface area contributed by atoms with Crippen molar-refractivity contribution in [3.8, 4) is 0 Å². The Morgan fingerprint density at radius 2 is 2.00 bits per heavy atom. The molecule has 0 saturated carbocycles. The number of para-hydroxylation sites is 2. The summed E-state index contributed by atoms with van der Waals surface area (Å²) >= 11 is 1.42. The number of carbonyl (C=O) groups is 1. The minimum absolute atomic E-state index is 0.118. The Labute approximate surface area is 159 Å². The van der Waals surface area contributed by atoms with Gasteiger partial charge in [-0.25, -0.2) is 9.78 Å². The maximum absolute atomic E-state index is 12.4. The standard InChI is InChI=1S/C19H19N5O2S/c1-2-9-24-16-6-4-3-5-14(16)23-19(24)27-11-17(25)20-12-7-8-13-15(10-12)22-18(26)21-13/h3-8,10H,2,9,11H2,1H3,(H,20,25)(H2,21,22,26). The number of benzene rings is 2. The summed E-state index contributed by atoms with van der Waals surface area (Å²) in [6, 6.07) is 13.3. The van der Waals surface area contributed by atoms with Crippen LogP contribution in [0.3, 0.4) is 0 Å². The lowest BCUT2D eigenvalue weighted by Crippen LogP contribution is -2.14. The van der Waals surface area contributed by atoms with Crippen molar-refractivity contribution in [1.29, 1.82) is 0 Å². The molecule has 2 heterocycles.